The standard InChI is InChI=1S/C13H14BrFN2O2/c1-3-13(2)11(18)16-12(19)17(13)7-8-4-5-10(15)9(14)6-8/h4-6H,3,7H2,1-2H3,(H,16,18,19). The normalized spacial score (nSPS) is 22.8. The molecule has 102 valence electrons. The van der Waals surface area contributed by atoms with Gasteiger partial charge in [0, 0.05) is 6.54 Å². The lowest BCUT2D eigenvalue weighted by atomic mass is 9.97. The van der Waals surface area contributed by atoms with Gasteiger partial charge >= 0.3 is 6.03 Å². The predicted octanol–water partition coefficient (Wildman–Crippen LogP) is 2.81. The molecule has 3 amide bonds. The molecule has 0 bridgehead atoms. The average molecular weight is 329 g/mol. The average Bonchev–Trinajstić information content (AvgIpc) is 2.58. The van der Waals surface area contributed by atoms with Gasteiger partial charge in [-0.25, -0.2) is 9.18 Å². The van der Waals surface area contributed by atoms with Gasteiger partial charge in [-0.2, -0.15) is 0 Å². The molecule has 1 atom stereocenters. The molecule has 1 N–H and O–H groups in total. The fourth-order valence-electron chi connectivity index (χ4n) is 2.06. The third-order valence-electron chi connectivity index (χ3n) is 3.56. The maximum Gasteiger partial charge on any atom is 0.325 e. The number of hydrogen-bond donors (Lipinski definition) is 1. The minimum Gasteiger partial charge on any atom is -0.306 e. The summed E-state index contributed by atoms with van der Waals surface area (Å²) >= 11 is 3.11. The van der Waals surface area contributed by atoms with Crippen molar-refractivity contribution in [3.05, 3.63) is 34.1 Å². The molecule has 0 saturated carbocycles. The van der Waals surface area contributed by atoms with Crippen LogP contribution in [0.4, 0.5) is 9.18 Å². The largest absolute Gasteiger partial charge is 0.325 e. The highest BCUT2D eigenvalue weighted by Gasteiger charge is 2.47. The molecule has 0 aromatic heterocycles. The number of imide groups is 1. The summed E-state index contributed by atoms with van der Waals surface area (Å²) in [7, 11) is 0. The van der Waals surface area contributed by atoms with Crippen molar-refractivity contribution in [3.8, 4) is 0 Å². The lowest BCUT2D eigenvalue weighted by molar-refractivity contribution is -0.126. The van der Waals surface area contributed by atoms with Crippen molar-refractivity contribution >= 4 is 27.9 Å². The molecule has 1 aromatic rings. The molecule has 2 rings (SSSR count). The topological polar surface area (TPSA) is 49.4 Å². The third kappa shape index (κ3) is 2.36. The molecule has 0 spiro atoms. The highest BCUT2D eigenvalue weighted by Crippen LogP contribution is 2.28. The number of carbonyl (C=O) groups is 2. The van der Waals surface area contributed by atoms with Crippen LogP contribution in [0.3, 0.4) is 0 Å². The Morgan fingerprint density at radius 1 is 1.42 bits per heavy atom. The Balaban J connectivity index is 2.28. The monoisotopic (exact) mass is 328 g/mol. The highest BCUT2D eigenvalue weighted by atomic mass is 79.9. The summed E-state index contributed by atoms with van der Waals surface area (Å²) in [5.41, 5.74) is -0.0874. The van der Waals surface area contributed by atoms with Gasteiger partial charge in [-0.15, -0.1) is 0 Å². The molecular weight excluding hydrogens is 315 g/mol. The first-order valence-electron chi connectivity index (χ1n) is 5.95. The van der Waals surface area contributed by atoms with E-state index < -0.39 is 11.6 Å². The van der Waals surface area contributed by atoms with Gasteiger partial charge in [0.2, 0.25) is 0 Å². The van der Waals surface area contributed by atoms with Gasteiger partial charge in [0.1, 0.15) is 11.4 Å². The predicted molar refractivity (Wildman–Crippen MR) is 71.9 cm³/mol. The van der Waals surface area contributed by atoms with Crippen LogP contribution in [0.2, 0.25) is 0 Å². The SMILES string of the molecule is CCC1(C)C(=O)NC(=O)N1Cc1ccc(F)c(Br)c1. The van der Waals surface area contributed by atoms with Crippen LogP contribution in [0.5, 0.6) is 0 Å². The summed E-state index contributed by atoms with van der Waals surface area (Å²) in [6.07, 6.45) is 0.521. The van der Waals surface area contributed by atoms with Crippen molar-refractivity contribution < 1.29 is 14.0 Å². The van der Waals surface area contributed by atoms with Crippen LogP contribution in [0.1, 0.15) is 25.8 Å². The number of carbonyl (C=O) groups excluding carboxylic acids is 2. The van der Waals surface area contributed by atoms with Gasteiger partial charge in [-0.05, 0) is 47.0 Å². The van der Waals surface area contributed by atoms with Crippen LogP contribution >= 0.6 is 15.9 Å². The van der Waals surface area contributed by atoms with E-state index in [2.05, 4.69) is 21.2 Å². The molecule has 0 radical (unpaired) electrons. The molecule has 4 nitrogen and oxygen atoms in total. The van der Waals surface area contributed by atoms with Crippen molar-refractivity contribution in [2.45, 2.75) is 32.4 Å². The number of nitrogens with one attached hydrogen (secondary N) is 1. The summed E-state index contributed by atoms with van der Waals surface area (Å²) in [5.74, 6) is -0.648. The summed E-state index contributed by atoms with van der Waals surface area (Å²) < 4.78 is 13.5. The molecular formula is C13H14BrFN2O2. The zero-order valence-electron chi connectivity index (χ0n) is 10.7. The number of benzene rings is 1. The maximum absolute atomic E-state index is 13.2. The summed E-state index contributed by atoms with van der Waals surface area (Å²) in [6.45, 7) is 3.85. The molecule has 6 heteroatoms. The highest BCUT2D eigenvalue weighted by molar-refractivity contribution is 9.10. The third-order valence-corrected chi connectivity index (χ3v) is 4.17. The lowest BCUT2D eigenvalue weighted by Gasteiger charge is -2.30. The first-order valence-corrected chi connectivity index (χ1v) is 6.74. The van der Waals surface area contributed by atoms with Gasteiger partial charge in [-0.3, -0.25) is 10.1 Å². The van der Waals surface area contributed by atoms with Crippen LogP contribution in [0, 0.1) is 5.82 Å². The van der Waals surface area contributed by atoms with Crippen molar-refractivity contribution in [1.29, 1.82) is 0 Å². The second kappa shape index (κ2) is 4.92. The Bertz CT molecular complexity index is 549. The van der Waals surface area contributed by atoms with Crippen LogP contribution in [0.15, 0.2) is 22.7 Å². The number of rotatable bonds is 3. The second-order valence-corrected chi connectivity index (χ2v) is 5.58. The summed E-state index contributed by atoms with van der Waals surface area (Å²) in [6, 6.07) is 4.14. The van der Waals surface area contributed by atoms with E-state index in [1.54, 1.807) is 19.1 Å². The van der Waals surface area contributed by atoms with Crippen LogP contribution in [-0.4, -0.2) is 22.4 Å². The van der Waals surface area contributed by atoms with E-state index in [0.717, 1.165) is 5.56 Å². The molecule has 1 aliphatic rings. The van der Waals surface area contributed by atoms with E-state index in [9.17, 15) is 14.0 Å². The Kier molecular flexibility index (Phi) is 3.62. The van der Waals surface area contributed by atoms with E-state index in [4.69, 9.17) is 0 Å². The number of nitrogens with zero attached hydrogens (tertiary/aromatic N) is 1. The molecule has 1 saturated heterocycles. The van der Waals surface area contributed by atoms with Gasteiger partial charge < -0.3 is 4.90 Å². The van der Waals surface area contributed by atoms with Crippen molar-refractivity contribution in [2.75, 3.05) is 0 Å². The van der Waals surface area contributed by atoms with Gasteiger partial charge in [0.25, 0.3) is 5.91 Å². The van der Waals surface area contributed by atoms with Crippen LogP contribution in [0.25, 0.3) is 0 Å². The van der Waals surface area contributed by atoms with E-state index >= 15 is 0 Å². The number of urea groups is 1. The van der Waals surface area contributed by atoms with Crippen molar-refractivity contribution in [3.63, 3.8) is 0 Å². The van der Waals surface area contributed by atoms with E-state index in [0.29, 0.717) is 10.9 Å². The molecule has 1 aromatic carbocycles. The zero-order valence-corrected chi connectivity index (χ0v) is 12.3. The van der Waals surface area contributed by atoms with Gasteiger partial charge in [0.05, 0.1) is 4.47 Å². The Hall–Kier alpha value is -1.43. The minimum atomic E-state index is -0.849. The fraction of sp³-hybridized carbons (Fsp3) is 0.385. The van der Waals surface area contributed by atoms with Gasteiger partial charge in [-0.1, -0.05) is 13.0 Å². The lowest BCUT2D eigenvalue weighted by Crippen LogP contribution is -2.45. The minimum absolute atomic E-state index is 0.265. The summed E-state index contributed by atoms with van der Waals surface area (Å²) in [5, 5.41) is 2.32. The molecule has 1 heterocycles. The Morgan fingerprint density at radius 3 is 2.68 bits per heavy atom. The first kappa shape index (κ1) is 14.0. The van der Waals surface area contributed by atoms with Gasteiger partial charge in [0.15, 0.2) is 0 Å². The number of hydrogen-bond acceptors (Lipinski definition) is 2. The molecule has 1 unspecified atom stereocenters. The smallest absolute Gasteiger partial charge is 0.306 e. The van der Waals surface area contributed by atoms with E-state index in [1.165, 1.54) is 11.0 Å². The fourth-order valence-corrected chi connectivity index (χ4v) is 2.49. The zero-order chi connectivity index (χ0) is 14.2. The Labute approximate surface area is 119 Å². The first-order chi connectivity index (χ1) is 8.88. The van der Waals surface area contributed by atoms with Crippen molar-refractivity contribution in [1.82, 2.24) is 10.2 Å². The molecule has 1 aliphatic heterocycles. The number of amides is 3. The number of halogens is 2. The molecule has 19 heavy (non-hydrogen) atoms. The van der Waals surface area contributed by atoms with Crippen LogP contribution < -0.4 is 5.32 Å². The van der Waals surface area contributed by atoms with E-state index in [1.807, 2.05) is 6.92 Å². The summed E-state index contributed by atoms with van der Waals surface area (Å²) in [4.78, 5) is 25.1. The van der Waals surface area contributed by atoms with Crippen molar-refractivity contribution in [2.24, 2.45) is 0 Å². The second-order valence-electron chi connectivity index (χ2n) is 4.72. The Morgan fingerprint density at radius 2 is 2.11 bits per heavy atom. The van der Waals surface area contributed by atoms with E-state index in [-0.39, 0.29) is 18.3 Å². The molecule has 0 aliphatic carbocycles. The van der Waals surface area contributed by atoms with Crippen LogP contribution in [-0.2, 0) is 11.3 Å². The maximum atomic E-state index is 13.2. The quantitative estimate of drug-likeness (QED) is 0.867. The molecule has 1 fully saturated rings.